The molecule has 160 valence electrons. The largest absolute Gasteiger partial charge is 0.458 e. The Labute approximate surface area is 176 Å². The van der Waals surface area contributed by atoms with Crippen LogP contribution in [0.3, 0.4) is 0 Å². The van der Waals surface area contributed by atoms with E-state index < -0.39 is 5.60 Å². The van der Waals surface area contributed by atoms with E-state index in [9.17, 15) is 14.4 Å². The number of rotatable bonds is 5. The summed E-state index contributed by atoms with van der Waals surface area (Å²) in [6.45, 7) is 7.20. The zero-order valence-electron chi connectivity index (χ0n) is 17.9. The summed E-state index contributed by atoms with van der Waals surface area (Å²) in [6, 6.07) is 0. The molecule has 5 rings (SSSR count). The van der Waals surface area contributed by atoms with Crippen molar-refractivity contribution >= 4 is 17.7 Å². The van der Waals surface area contributed by atoms with Gasteiger partial charge in [-0.15, -0.1) is 0 Å². The Balaban J connectivity index is 1.45. The van der Waals surface area contributed by atoms with Gasteiger partial charge in [0.25, 0.3) is 0 Å². The minimum absolute atomic E-state index is 0.0214. The summed E-state index contributed by atoms with van der Waals surface area (Å²) in [5, 5.41) is 2.89. The molecule has 0 aromatic carbocycles. The lowest BCUT2D eigenvalue weighted by molar-refractivity contribution is -0.136. The van der Waals surface area contributed by atoms with Crippen LogP contribution in [0.15, 0.2) is 34.4 Å². The topological polar surface area (TPSA) is 85.0 Å². The number of cyclic esters (lactones) is 1. The Morgan fingerprint density at radius 1 is 1.33 bits per heavy atom. The van der Waals surface area contributed by atoms with Crippen LogP contribution in [0.5, 0.6) is 0 Å². The molecular weight excluding hydrogens is 382 g/mol. The quantitative estimate of drug-likeness (QED) is 0.555. The molecule has 1 spiro atoms. The summed E-state index contributed by atoms with van der Waals surface area (Å²) in [6.07, 6.45) is 7.28. The zero-order chi connectivity index (χ0) is 21.3. The Hall–Kier alpha value is -2.21. The van der Waals surface area contributed by atoms with Gasteiger partial charge < -0.3 is 14.8 Å². The normalized spacial score (nSPS) is 37.2. The van der Waals surface area contributed by atoms with Crippen molar-refractivity contribution in [3.63, 3.8) is 0 Å². The van der Waals surface area contributed by atoms with E-state index in [2.05, 4.69) is 18.3 Å². The minimum atomic E-state index is -0.856. The molecule has 2 fully saturated rings. The molecule has 6 heteroatoms. The molecule has 0 aromatic rings. The molecule has 0 aromatic heterocycles. The van der Waals surface area contributed by atoms with Gasteiger partial charge in [-0.25, -0.2) is 4.79 Å². The molecule has 5 atom stereocenters. The molecule has 5 aliphatic rings. The molecule has 1 N–H and O–H groups in total. The highest BCUT2D eigenvalue weighted by Gasteiger charge is 2.73. The van der Waals surface area contributed by atoms with Crippen LogP contribution in [-0.2, 0) is 23.9 Å². The molecule has 1 amide bonds. The Morgan fingerprint density at radius 2 is 2.13 bits per heavy atom. The summed E-state index contributed by atoms with van der Waals surface area (Å²) >= 11 is 0. The van der Waals surface area contributed by atoms with Crippen molar-refractivity contribution in [2.24, 2.45) is 17.3 Å². The van der Waals surface area contributed by atoms with Crippen LogP contribution in [0.1, 0.15) is 52.9 Å². The average molecular weight is 411 g/mol. The number of hydrogen-bond donors (Lipinski definition) is 1. The number of carbonyl (C=O) groups is 3. The summed E-state index contributed by atoms with van der Waals surface area (Å²) < 4.78 is 11.5. The van der Waals surface area contributed by atoms with Gasteiger partial charge in [-0.1, -0.05) is 32.9 Å². The molecule has 1 saturated carbocycles. The van der Waals surface area contributed by atoms with Crippen molar-refractivity contribution in [1.29, 1.82) is 0 Å². The number of ketones is 1. The Kier molecular flexibility index (Phi) is 4.37. The summed E-state index contributed by atoms with van der Waals surface area (Å²) in [5.41, 5.74) is 2.63. The van der Waals surface area contributed by atoms with Crippen molar-refractivity contribution in [3.8, 4) is 0 Å². The van der Waals surface area contributed by atoms with Gasteiger partial charge in [0.15, 0.2) is 11.4 Å². The van der Waals surface area contributed by atoms with Crippen LogP contribution >= 0.6 is 0 Å². The number of nitrogens with one attached hydrogen (secondary N) is 1. The molecular formula is C24H29NO5. The van der Waals surface area contributed by atoms with Crippen LogP contribution in [0.2, 0.25) is 0 Å². The summed E-state index contributed by atoms with van der Waals surface area (Å²) in [7, 11) is 0. The predicted molar refractivity (Wildman–Crippen MR) is 109 cm³/mol. The third-order valence-corrected chi connectivity index (χ3v) is 7.89. The van der Waals surface area contributed by atoms with Gasteiger partial charge in [0, 0.05) is 24.1 Å². The van der Waals surface area contributed by atoms with E-state index in [1.165, 1.54) is 0 Å². The van der Waals surface area contributed by atoms with Crippen LogP contribution in [-0.4, -0.2) is 42.5 Å². The first-order chi connectivity index (χ1) is 14.3. The molecule has 3 aliphatic carbocycles. The minimum Gasteiger partial charge on any atom is -0.458 e. The third-order valence-electron chi connectivity index (χ3n) is 7.89. The fraction of sp³-hybridized carbons (Fsp3) is 0.625. The number of ether oxygens (including phenoxy) is 2. The molecule has 30 heavy (non-hydrogen) atoms. The highest BCUT2D eigenvalue weighted by Crippen LogP contribution is 2.67. The van der Waals surface area contributed by atoms with Gasteiger partial charge in [-0.3, -0.25) is 9.59 Å². The van der Waals surface area contributed by atoms with Crippen molar-refractivity contribution < 1.29 is 23.9 Å². The van der Waals surface area contributed by atoms with Gasteiger partial charge in [0.1, 0.15) is 12.7 Å². The van der Waals surface area contributed by atoms with Crippen LogP contribution in [0, 0.1) is 17.3 Å². The summed E-state index contributed by atoms with van der Waals surface area (Å²) in [5.74, 6) is -0.143. The maximum absolute atomic E-state index is 13.6. The second-order valence-electron chi connectivity index (χ2n) is 9.61. The lowest BCUT2D eigenvalue weighted by Gasteiger charge is -2.48. The molecule has 0 bridgehead atoms. The van der Waals surface area contributed by atoms with E-state index in [0.717, 1.165) is 36.0 Å². The second kappa shape index (κ2) is 6.64. The summed E-state index contributed by atoms with van der Waals surface area (Å²) in [4.78, 5) is 37.8. The first kappa shape index (κ1) is 19.7. The van der Waals surface area contributed by atoms with Gasteiger partial charge >= 0.3 is 5.97 Å². The molecule has 0 radical (unpaired) electrons. The number of hydrogen-bond acceptors (Lipinski definition) is 5. The van der Waals surface area contributed by atoms with Crippen molar-refractivity contribution in [1.82, 2.24) is 5.32 Å². The first-order valence-corrected chi connectivity index (χ1v) is 11.1. The molecule has 6 nitrogen and oxygen atoms in total. The van der Waals surface area contributed by atoms with E-state index in [1.807, 2.05) is 19.9 Å². The van der Waals surface area contributed by atoms with Crippen LogP contribution in [0.4, 0.5) is 0 Å². The van der Waals surface area contributed by atoms with Crippen LogP contribution < -0.4 is 5.32 Å². The van der Waals surface area contributed by atoms with Crippen molar-refractivity contribution in [2.75, 3.05) is 13.2 Å². The molecule has 5 unspecified atom stereocenters. The molecule has 2 heterocycles. The maximum atomic E-state index is 13.6. The number of amides is 1. The fourth-order valence-electron chi connectivity index (χ4n) is 6.18. The van der Waals surface area contributed by atoms with E-state index in [-0.39, 0.29) is 41.0 Å². The molecule has 2 aliphatic heterocycles. The van der Waals surface area contributed by atoms with Gasteiger partial charge in [0.2, 0.25) is 5.91 Å². The van der Waals surface area contributed by atoms with E-state index in [1.54, 1.807) is 0 Å². The monoisotopic (exact) mass is 411 g/mol. The number of epoxide rings is 1. The average Bonchev–Trinajstić information content (AvgIpc) is 3.31. The van der Waals surface area contributed by atoms with Crippen LogP contribution in [0.25, 0.3) is 0 Å². The zero-order valence-corrected chi connectivity index (χ0v) is 17.9. The van der Waals surface area contributed by atoms with Gasteiger partial charge in [-0.05, 0) is 54.1 Å². The lowest BCUT2D eigenvalue weighted by Crippen LogP contribution is -2.50. The number of fused-ring (bicyclic) bond motifs is 3. The highest BCUT2D eigenvalue weighted by molar-refractivity contribution is 6.09. The van der Waals surface area contributed by atoms with Gasteiger partial charge in [0.05, 0.1) is 0 Å². The number of Topliss-reactive ketones (excluding diaryl/α,β-unsaturated/α-hetero) is 1. The molecule has 1 saturated heterocycles. The predicted octanol–water partition coefficient (Wildman–Crippen LogP) is 2.79. The number of allylic oxidation sites excluding steroid dienone is 2. The fourth-order valence-corrected chi connectivity index (χ4v) is 6.18. The standard InChI is InChI=1S/C24H29NO5/c1-4-9-25-20(26)10-13(2)14-5-6-18-23(3)8-7-15-16(12-29-22(15)28)17(23)11-19-24(18,30-19)21(14)27/h5-6,13,17,19H,4,7-12H2,1-3H3,(H,25,26). The second-order valence-corrected chi connectivity index (χ2v) is 9.61. The Morgan fingerprint density at radius 3 is 2.90 bits per heavy atom. The third kappa shape index (κ3) is 2.55. The lowest BCUT2D eigenvalue weighted by atomic mass is 9.52. The van der Waals surface area contributed by atoms with Gasteiger partial charge in [-0.2, -0.15) is 0 Å². The smallest absolute Gasteiger partial charge is 0.334 e. The number of carbonyl (C=O) groups excluding carboxylic acids is 3. The maximum Gasteiger partial charge on any atom is 0.334 e. The van der Waals surface area contributed by atoms with E-state index in [4.69, 9.17) is 9.47 Å². The number of esters is 1. The first-order valence-electron chi connectivity index (χ1n) is 11.1. The van der Waals surface area contributed by atoms with Crippen molar-refractivity contribution in [2.45, 2.75) is 64.6 Å². The van der Waals surface area contributed by atoms with Crippen molar-refractivity contribution in [3.05, 3.63) is 34.4 Å². The van der Waals surface area contributed by atoms with E-state index >= 15 is 0 Å². The van der Waals surface area contributed by atoms with E-state index in [0.29, 0.717) is 31.6 Å². The Bertz CT molecular complexity index is 943. The highest BCUT2D eigenvalue weighted by atomic mass is 16.6. The SMILES string of the molecule is CCCNC(=O)CC(C)C1=CC=C2C3(C)CCC4=C(COC4=O)C3CC3OC23C1=O.